The molecular formula is C34H44N4O2. The molecule has 6 nitrogen and oxygen atoms in total. The van der Waals surface area contributed by atoms with Crippen LogP contribution in [0, 0.1) is 17.8 Å². The van der Waals surface area contributed by atoms with Crippen LogP contribution in [0.1, 0.15) is 74.8 Å². The Bertz CT molecular complexity index is 1200. The van der Waals surface area contributed by atoms with E-state index in [9.17, 15) is 9.59 Å². The molecule has 2 heterocycles. The summed E-state index contributed by atoms with van der Waals surface area (Å²) >= 11 is 0. The first-order chi connectivity index (χ1) is 19.5. The number of amides is 2. The van der Waals surface area contributed by atoms with Crippen molar-refractivity contribution in [3.05, 3.63) is 59.7 Å². The summed E-state index contributed by atoms with van der Waals surface area (Å²) in [7, 11) is 0. The molecule has 212 valence electrons. The second-order valence-corrected chi connectivity index (χ2v) is 13.5. The highest BCUT2D eigenvalue weighted by molar-refractivity contribution is 5.92. The van der Waals surface area contributed by atoms with Crippen LogP contribution < -0.4 is 10.6 Å². The zero-order valence-corrected chi connectivity index (χ0v) is 23.7. The Labute approximate surface area is 238 Å². The van der Waals surface area contributed by atoms with E-state index in [0.29, 0.717) is 19.0 Å². The van der Waals surface area contributed by atoms with Crippen molar-refractivity contribution in [3.8, 4) is 0 Å². The Balaban J connectivity index is 1.08. The molecule has 40 heavy (non-hydrogen) atoms. The fraction of sp³-hybridized carbons (Fsp3) is 0.588. The van der Waals surface area contributed by atoms with E-state index in [0.717, 1.165) is 55.3 Å². The van der Waals surface area contributed by atoms with Crippen molar-refractivity contribution >= 4 is 23.2 Å². The van der Waals surface area contributed by atoms with Gasteiger partial charge in [-0.2, -0.15) is 0 Å². The number of carbonyl (C=O) groups excluding carboxylic acids is 2. The van der Waals surface area contributed by atoms with E-state index < -0.39 is 0 Å². The van der Waals surface area contributed by atoms with Gasteiger partial charge in [0.15, 0.2) is 0 Å². The standard InChI is InChI=1S/C34H44N4O2/c39-31(22-37-13-1-2-14-37)35-29-9-5-26(6-10-29)33-27-18-24-17-25(19-27)21-34(33,20-24)28-7-11-30(12-8-28)36-32(40)23-38-15-3-4-16-38/h5-12,24-25,27,33H,1-4,13-23H2,(H,35,39)(H,36,40). The largest absolute Gasteiger partial charge is 0.325 e. The van der Waals surface area contributed by atoms with Crippen molar-refractivity contribution in [1.82, 2.24) is 9.80 Å². The van der Waals surface area contributed by atoms with Crippen molar-refractivity contribution in [2.24, 2.45) is 17.8 Å². The molecule has 0 aromatic heterocycles. The molecule has 4 aliphatic carbocycles. The minimum Gasteiger partial charge on any atom is -0.325 e. The smallest absolute Gasteiger partial charge is 0.238 e. The van der Waals surface area contributed by atoms with Crippen molar-refractivity contribution in [1.29, 1.82) is 0 Å². The molecular weight excluding hydrogens is 496 g/mol. The second kappa shape index (κ2) is 10.9. The molecule has 0 radical (unpaired) electrons. The molecule has 4 bridgehead atoms. The van der Waals surface area contributed by atoms with E-state index in [1.165, 1.54) is 68.9 Å². The molecule has 8 rings (SSSR count). The summed E-state index contributed by atoms with van der Waals surface area (Å²) in [4.78, 5) is 29.7. The number of nitrogens with zero attached hydrogens (tertiary/aromatic N) is 2. The first kappa shape index (κ1) is 26.2. The Morgan fingerprint density at radius 3 is 1.65 bits per heavy atom. The van der Waals surface area contributed by atoms with Gasteiger partial charge in [-0.05, 0) is 143 Å². The number of rotatable bonds is 8. The maximum absolute atomic E-state index is 12.6. The summed E-state index contributed by atoms with van der Waals surface area (Å²) < 4.78 is 0. The van der Waals surface area contributed by atoms with E-state index in [1.54, 1.807) is 0 Å². The highest BCUT2D eigenvalue weighted by atomic mass is 16.2. The normalized spacial score (nSPS) is 31.5. The van der Waals surface area contributed by atoms with Crippen LogP contribution in [-0.2, 0) is 15.0 Å². The van der Waals surface area contributed by atoms with Crippen LogP contribution in [0.15, 0.2) is 48.5 Å². The third-order valence-corrected chi connectivity index (χ3v) is 10.7. The van der Waals surface area contributed by atoms with Crippen LogP contribution in [0.2, 0.25) is 0 Å². The summed E-state index contributed by atoms with van der Waals surface area (Å²) in [6, 6.07) is 17.7. The summed E-state index contributed by atoms with van der Waals surface area (Å²) in [6.45, 7) is 5.12. The first-order valence-corrected chi connectivity index (χ1v) is 15.8. The molecule has 2 saturated heterocycles. The van der Waals surface area contributed by atoms with Crippen LogP contribution in [0.3, 0.4) is 0 Å². The van der Waals surface area contributed by atoms with Crippen LogP contribution in [0.4, 0.5) is 11.4 Å². The predicted octanol–water partition coefficient (Wildman–Crippen LogP) is 5.62. The second-order valence-electron chi connectivity index (χ2n) is 13.5. The Morgan fingerprint density at radius 2 is 1.15 bits per heavy atom. The molecule has 6 aliphatic rings. The zero-order chi connectivity index (χ0) is 27.1. The third kappa shape index (κ3) is 5.21. The lowest BCUT2D eigenvalue weighted by Gasteiger charge is -2.62. The fourth-order valence-electron chi connectivity index (χ4n) is 9.40. The average molecular weight is 541 g/mol. The van der Waals surface area contributed by atoms with Crippen molar-refractivity contribution in [3.63, 3.8) is 0 Å². The number of nitrogens with one attached hydrogen (secondary N) is 2. The maximum Gasteiger partial charge on any atom is 0.238 e. The fourth-order valence-corrected chi connectivity index (χ4v) is 9.40. The summed E-state index contributed by atoms with van der Waals surface area (Å²) in [5, 5.41) is 6.27. The average Bonchev–Trinajstić information content (AvgIpc) is 3.64. The molecule has 3 unspecified atom stereocenters. The zero-order valence-electron chi connectivity index (χ0n) is 23.7. The van der Waals surface area contributed by atoms with E-state index in [1.807, 2.05) is 0 Å². The number of benzene rings is 2. The minimum atomic E-state index is 0.0911. The first-order valence-electron chi connectivity index (χ1n) is 15.8. The monoisotopic (exact) mass is 540 g/mol. The molecule has 6 heteroatoms. The third-order valence-electron chi connectivity index (χ3n) is 10.7. The van der Waals surface area contributed by atoms with Crippen molar-refractivity contribution in [2.45, 2.75) is 69.1 Å². The predicted molar refractivity (Wildman–Crippen MR) is 159 cm³/mol. The van der Waals surface area contributed by atoms with Crippen molar-refractivity contribution in [2.75, 3.05) is 49.9 Å². The van der Waals surface area contributed by atoms with Gasteiger partial charge >= 0.3 is 0 Å². The van der Waals surface area contributed by atoms with E-state index in [4.69, 9.17) is 0 Å². The quantitative estimate of drug-likeness (QED) is 0.456. The number of hydrogen-bond acceptors (Lipinski definition) is 4. The lowest BCUT2D eigenvalue weighted by molar-refractivity contribution is -0.117. The van der Waals surface area contributed by atoms with E-state index in [2.05, 4.69) is 69.0 Å². The molecule has 2 aromatic rings. The number of hydrogen-bond donors (Lipinski definition) is 2. The SMILES string of the molecule is O=C(CN1CCCC1)Nc1ccc(C2C3CC4CC(C3)CC2(c2ccc(NC(=O)CN3CCCC3)cc2)C4)cc1. The lowest BCUT2D eigenvalue weighted by Crippen LogP contribution is -2.53. The molecule has 2 aromatic carbocycles. The number of likely N-dealkylation sites (tertiary alicyclic amines) is 2. The molecule has 2 amide bonds. The van der Waals surface area contributed by atoms with Gasteiger partial charge in [0.1, 0.15) is 0 Å². The topological polar surface area (TPSA) is 64.7 Å². The van der Waals surface area contributed by atoms with Gasteiger partial charge in [-0.3, -0.25) is 19.4 Å². The van der Waals surface area contributed by atoms with Gasteiger partial charge < -0.3 is 10.6 Å². The Kier molecular flexibility index (Phi) is 7.17. The van der Waals surface area contributed by atoms with Gasteiger partial charge in [0.25, 0.3) is 0 Å². The summed E-state index contributed by atoms with van der Waals surface area (Å²) in [5.41, 5.74) is 4.83. The molecule has 2 N–H and O–H groups in total. The van der Waals surface area contributed by atoms with Gasteiger partial charge in [0.2, 0.25) is 11.8 Å². The van der Waals surface area contributed by atoms with Gasteiger partial charge in [0, 0.05) is 16.8 Å². The van der Waals surface area contributed by atoms with Gasteiger partial charge in [-0.1, -0.05) is 24.3 Å². The van der Waals surface area contributed by atoms with Crippen LogP contribution in [-0.4, -0.2) is 60.9 Å². The molecule has 3 atom stereocenters. The minimum absolute atomic E-state index is 0.0911. The molecule has 0 spiro atoms. The van der Waals surface area contributed by atoms with E-state index in [-0.39, 0.29) is 17.2 Å². The highest BCUT2D eigenvalue weighted by Crippen LogP contribution is 2.66. The van der Waals surface area contributed by atoms with E-state index >= 15 is 0 Å². The molecule has 6 fully saturated rings. The molecule has 4 saturated carbocycles. The summed E-state index contributed by atoms with van der Waals surface area (Å²) in [6.07, 6.45) is 11.4. The molecule has 2 aliphatic heterocycles. The van der Waals surface area contributed by atoms with Crippen molar-refractivity contribution < 1.29 is 9.59 Å². The van der Waals surface area contributed by atoms with Crippen LogP contribution in [0.25, 0.3) is 0 Å². The number of carbonyl (C=O) groups is 2. The van der Waals surface area contributed by atoms with Crippen LogP contribution in [0.5, 0.6) is 0 Å². The summed E-state index contributed by atoms with van der Waals surface area (Å²) in [5.74, 6) is 3.07. The Morgan fingerprint density at radius 1 is 0.675 bits per heavy atom. The maximum atomic E-state index is 12.6. The van der Waals surface area contributed by atoms with Gasteiger partial charge in [-0.25, -0.2) is 0 Å². The van der Waals surface area contributed by atoms with Gasteiger partial charge in [-0.15, -0.1) is 0 Å². The van der Waals surface area contributed by atoms with Gasteiger partial charge in [0.05, 0.1) is 13.1 Å². The highest BCUT2D eigenvalue weighted by Gasteiger charge is 2.57. The lowest BCUT2D eigenvalue weighted by atomic mass is 9.42. The Hall–Kier alpha value is -2.70. The number of anilines is 2. The van der Waals surface area contributed by atoms with Crippen LogP contribution >= 0.6 is 0 Å².